The molecule has 1 aromatic rings. The number of nitrogens with one attached hydrogen (secondary N) is 1. The molecule has 0 heterocycles. The lowest BCUT2D eigenvalue weighted by Crippen LogP contribution is -2.32. The third kappa shape index (κ3) is 7.44. The summed E-state index contributed by atoms with van der Waals surface area (Å²) in [5.41, 5.74) is 0.982. The van der Waals surface area contributed by atoms with Crippen LogP contribution < -0.4 is 5.32 Å². The molecule has 0 bridgehead atoms. The molecule has 21 heavy (non-hydrogen) atoms. The molecule has 1 N–H and O–H groups in total. The Kier molecular flexibility index (Phi) is 9.02. The molecular formula is C17H30FN3. The first-order valence-electron chi connectivity index (χ1n) is 8.13. The van der Waals surface area contributed by atoms with E-state index < -0.39 is 0 Å². The zero-order valence-electron chi connectivity index (χ0n) is 13.7. The van der Waals surface area contributed by atoms with Crippen LogP contribution in [0.4, 0.5) is 10.1 Å². The van der Waals surface area contributed by atoms with E-state index in [1.165, 1.54) is 25.1 Å². The molecule has 0 fully saturated rings. The van der Waals surface area contributed by atoms with Gasteiger partial charge in [-0.3, -0.25) is 0 Å². The number of hydrogen-bond acceptors (Lipinski definition) is 3. The zero-order valence-corrected chi connectivity index (χ0v) is 13.7. The minimum absolute atomic E-state index is 0.188. The average molecular weight is 295 g/mol. The number of hydrogen-bond donors (Lipinski definition) is 1. The smallest absolute Gasteiger partial charge is 0.123 e. The maximum Gasteiger partial charge on any atom is 0.123 e. The SMILES string of the molecule is CCN(CC)CCCN(CC)CCNc1ccc(F)cc1. The van der Waals surface area contributed by atoms with Crippen LogP contribution in [0.5, 0.6) is 0 Å². The van der Waals surface area contributed by atoms with E-state index in [-0.39, 0.29) is 5.82 Å². The number of anilines is 1. The maximum atomic E-state index is 12.8. The van der Waals surface area contributed by atoms with E-state index in [1.807, 2.05) is 0 Å². The van der Waals surface area contributed by atoms with E-state index in [0.29, 0.717) is 0 Å². The summed E-state index contributed by atoms with van der Waals surface area (Å²) in [6.45, 7) is 14.2. The van der Waals surface area contributed by atoms with Gasteiger partial charge in [0.25, 0.3) is 0 Å². The van der Waals surface area contributed by atoms with E-state index in [4.69, 9.17) is 0 Å². The molecule has 0 saturated heterocycles. The first-order chi connectivity index (χ1) is 10.2. The molecule has 0 atom stereocenters. The highest BCUT2D eigenvalue weighted by Crippen LogP contribution is 2.07. The number of halogens is 1. The molecule has 0 aromatic heterocycles. The molecular weight excluding hydrogens is 265 g/mol. The highest BCUT2D eigenvalue weighted by atomic mass is 19.1. The largest absolute Gasteiger partial charge is 0.384 e. The molecule has 0 amide bonds. The molecule has 120 valence electrons. The van der Waals surface area contributed by atoms with Gasteiger partial charge in [0, 0.05) is 18.8 Å². The summed E-state index contributed by atoms with van der Waals surface area (Å²) < 4.78 is 12.8. The van der Waals surface area contributed by atoms with E-state index in [2.05, 4.69) is 35.9 Å². The lowest BCUT2D eigenvalue weighted by molar-refractivity contribution is 0.248. The van der Waals surface area contributed by atoms with Gasteiger partial charge >= 0.3 is 0 Å². The normalized spacial score (nSPS) is 11.3. The Balaban J connectivity index is 2.20. The number of rotatable bonds is 11. The summed E-state index contributed by atoms with van der Waals surface area (Å²) >= 11 is 0. The van der Waals surface area contributed by atoms with Gasteiger partial charge in [-0.1, -0.05) is 20.8 Å². The van der Waals surface area contributed by atoms with Crippen LogP contribution in [0.3, 0.4) is 0 Å². The molecule has 0 spiro atoms. The molecule has 1 aromatic carbocycles. The van der Waals surface area contributed by atoms with Crippen molar-refractivity contribution < 1.29 is 4.39 Å². The summed E-state index contributed by atoms with van der Waals surface area (Å²) in [7, 11) is 0. The summed E-state index contributed by atoms with van der Waals surface area (Å²) in [6, 6.07) is 6.55. The van der Waals surface area contributed by atoms with Crippen LogP contribution in [0.2, 0.25) is 0 Å². The van der Waals surface area contributed by atoms with Gasteiger partial charge in [-0.05, 0) is 63.4 Å². The van der Waals surface area contributed by atoms with Crippen molar-refractivity contribution in [1.29, 1.82) is 0 Å². The molecule has 1 rings (SSSR count). The van der Waals surface area contributed by atoms with E-state index in [9.17, 15) is 4.39 Å². The van der Waals surface area contributed by atoms with Crippen molar-refractivity contribution in [3.8, 4) is 0 Å². The fraction of sp³-hybridized carbons (Fsp3) is 0.647. The Morgan fingerprint density at radius 2 is 1.43 bits per heavy atom. The fourth-order valence-electron chi connectivity index (χ4n) is 2.41. The molecule has 3 nitrogen and oxygen atoms in total. The van der Waals surface area contributed by atoms with Crippen molar-refractivity contribution in [2.24, 2.45) is 0 Å². The van der Waals surface area contributed by atoms with E-state index >= 15 is 0 Å². The summed E-state index contributed by atoms with van der Waals surface area (Å²) in [4.78, 5) is 4.92. The Hall–Kier alpha value is -1.13. The van der Waals surface area contributed by atoms with Crippen LogP contribution in [0.25, 0.3) is 0 Å². The topological polar surface area (TPSA) is 18.5 Å². The van der Waals surface area contributed by atoms with Crippen LogP contribution in [-0.2, 0) is 0 Å². The van der Waals surface area contributed by atoms with Crippen molar-refractivity contribution in [1.82, 2.24) is 9.80 Å². The van der Waals surface area contributed by atoms with Crippen LogP contribution in [0.1, 0.15) is 27.2 Å². The molecule has 0 unspecified atom stereocenters. The van der Waals surface area contributed by atoms with Crippen molar-refractivity contribution in [2.75, 3.05) is 51.1 Å². The Morgan fingerprint density at radius 3 is 2.00 bits per heavy atom. The Morgan fingerprint density at radius 1 is 0.857 bits per heavy atom. The summed E-state index contributed by atoms with van der Waals surface area (Å²) in [5, 5.41) is 3.34. The van der Waals surface area contributed by atoms with Gasteiger partial charge in [0.1, 0.15) is 5.82 Å². The van der Waals surface area contributed by atoms with Gasteiger partial charge in [0.2, 0.25) is 0 Å². The second-order valence-corrected chi connectivity index (χ2v) is 5.25. The predicted octanol–water partition coefficient (Wildman–Crippen LogP) is 3.29. The second-order valence-electron chi connectivity index (χ2n) is 5.25. The fourth-order valence-corrected chi connectivity index (χ4v) is 2.41. The van der Waals surface area contributed by atoms with Crippen molar-refractivity contribution >= 4 is 5.69 Å². The van der Waals surface area contributed by atoms with E-state index in [0.717, 1.165) is 45.0 Å². The molecule has 0 aliphatic rings. The first kappa shape index (κ1) is 17.9. The van der Waals surface area contributed by atoms with Gasteiger partial charge in [-0.25, -0.2) is 4.39 Å². The van der Waals surface area contributed by atoms with Gasteiger partial charge in [-0.15, -0.1) is 0 Å². The third-order valence-corrected chi connectivity index (χ3v) is 3.89. The van der Waals surface area contributed by atoms with Crippen molar-refractivity contribution in [3.05, 3.63) is 30.1 Å². The zero-order chi connectivity index (χ0) is 15.5. The number of nitrogens with zero attached hydrogens (tertiary/aromatic N) is 2. The third-order valence-electron chi connectivity index (χ3n) is 3.89. The van der Waals surface area contributed by atoms with Gasteiger partial charge in [0.05, 0.1) is 0 Å². The first-order valence-corrected chi connectivity index (χ1v) is 8.13. The van der Waals surface area contributed by atoms with Crippen LogP contribution >= 0.6 is 0 Å². The Labute approximate surface area is 129 Å². The predicted molar refractivity (Wildman–Crippen MR) is 89.4 cm³/mol. The standard InChI is InChI=1S/C17H30FN3/c1-4-20(5-2)13-7-14-21(6-3)15-12-19-17-10-8-16(18)9-11-17/h8-11,19H,4-7,12-15H2,1-3H3. The minimum Gasteiger partial charge on any atom is -0.384 e. The lowest BCUT2D eigenvalue weighted by atomic mass is 10.3. The highest BCUT2D eigenvalue weighted by Gasteiger charge is 2.04. The highest BCUT2D eigenvalue weighted by molar-refractivity contribution is 5.42. The van der Waals surface area contributed by atoms with Gasteiger partial charge < -0.3 is 15.1 Å². The van der Waals surface area contributed by atoms with Crippen LogP contribution in [0.15, 0.2) is 24.3 Å². The van der Waals surface area contributed by atoms with Gasteiger partial charge in [-0.2, -0.15) is 0 Å². The lowest BCUT2D eigenvalue weighted by Gasteiger charge is -2.23. The molecule has 4 heteroatoms. The maximum absolute atomic E-state index is 12.8. The van der Waals surface area contributed by atoms with Crippen molar-refractivity contribution in [2.45, 2.75) is 27.2 Å². The summed E-state index contributed by atoms with van der Waals surface area (Å²) in [6.07, 6.45) is 1.21. The van der Waals surface area contributed by atoms with Crippen molar-refractivity contribution in [3.63, 3.8) is 0 Å². The molecule has 0 aliphatic heterocycles. The molecule has 0 radical (unpaired) electrons. The quantitative estimate of drug-likeness (QED) is 0.676. The Bertz CT molecular complexity index is 363. The van der Waals surface area contributed by atoms with Gasteiger partial charge in [0.15, 0.2) is 0 Å². The molecule has 0 saturated carbocycles. The van der Waals surface area contributed by atoms with Crippen LogP contribution in [0, 0.1) is 5.82 Å². The minimum atomic E-state index is -0.188. The van der Waals surface area contributed by atoms with Crippen LogP contribution in [-0.4, -0.2) is 55.6 Å². The summed E-state index contributed by atoms with van der Waals surface area (Å²) in [5.74, 6) is -0.188. The second kappa shape index (κ2) is 10.6. The molecule has 0 aliphatic carbocycles. The van der Waals surface area contributed by atoms with E-state index in [1.54, 1.807) is 12.1 Å². The average Bonchev–Trinajstić information content (AvgIpc) is 2.51. The number of likely N-dealkylation sites (N-methyl/N-ethyl adjacent to an activating group) is 1. The number of benzene rings is 1. The monoisotopic (exact) mass is 295 g/mol.